The van der Waals surface area contributed by atoms with Crippen molar-refractivity contribution in [2.45, 2.75) is 5.85 Å². The van der Waals surface area contributed by atoms with E-state index in [-0.39, 0.29) is 0 Å². The fraction of sp³-hybridized carbons (Fsp3) is 0.200. The van der Waals surface area contributed by atoms with Crippen molar-refractivity contribution >= 4 is 7.60 Å². The molecule has 2 rings (SSSR count). The Morgan fingerprint density at radius 1 is 0.952 bits per heavy atom. The summed E-state index contributed by atoms with van der Waals surface area (Å²) in [5, 5.41) is 10.2. The fourth-order valence-corrected chi connectivity index (χ4v) is 2.89. The highest BCUT2D eigenvalue weighted by Gasteiger charge is 2.33. The topological polar surface area (TPSA) is 65.0 Å². The van der Waals surface area contributed by atoms with Gasteiger partial charge in [0.2, 0.25) is 0 Å². The van der Waals surface area contributed by atoms with Crippen LogP contribution in [0.4, 0.5) is 0 Å². The van der Waals surface area contributed by atoms with Gasteiger partial charge in [0, 0.05) is 14.2 Å². The van der Waals surface area contributed by atoms with E-state index in [1.807, 2.05) is 30.3 Å². The molecule has 2 aromatic rings. The van der Waals surface area contributed by atoms with E-state index >= 15 is 0 Å². The SMILES string of the molecule is COP(=O)(OC)C(O)c1cccc(Oc2ccccc2)c1. The van der Waals surface area contributed by atoms with Gasteiger partial charge in [-0.1, -0.05) is 30.3 Å². The molecule has 0 heterocycles. The summed E-state index contributed by atoms with van der Waals surface area (Å²) < 4.78 is 27.5. The van der Waals surface area contributed by atoms with Crippen molar-refractivity contribution in [1.29, 1.82) is 0 Å². The first kappa shape index (κ1) is 15.7. The number of hydrogen-bond acceptors (Lipinski definition) is 5. The maximum absolute atomic E-state index is 12.2. The summed E-state index contributed by atoms with van der Waals surface area (Å²) in [5.74, 6) is -0.172. The highest BCUT2D eigenvalue weighted by atomic mass is 31.2. The molecule has 1 N–H and O–H groups in total. The third-order valence-corrected chi connectivity index (χ3v) is 4.86. The normalized spacial score (nSPS) is 12.9. The van der Waals surface area contributed by atoms with E-state index in [0.717, 1.165) is 0 Å². The van der Waals surface area contributed by atoms with Crippen molar-refractivity contribution in [3.05, 3.63) is 60.2 Å². The molecule has 6 heteroatoms. The predicted octanol–water partition coefficient (Wildman–Crippen LogP) is 3.96. The van der Waals surface area contributed by atoms with Crippen LogP contribution in [-0.2, 0) is 13.6 Å². The van der Waals surface area contributed by atoms with Crippen molar-refractivity contribution < 1.29 is 23.5 Å². The van der Waals surface area contributed by atoms with Crippen LogP contribution in [0.25, 0.3) is 0 Å². The molecular weight excluding hydrogens is 291 g/mol. The largest absolute Gasteiger partial charge is 0.457 e. The van der Waals surface area contributed by atoms with Crippen LogP contribution in [0.5, 0.6) is 11.5 Å². The van der Waals surface area contributed by atoms with Crippen LogP contribution in [0.3, 0.4) is 0 Å². The zero-order chi connectivity index (χ0) is 15.3. The summed E-state index contributed by atoms with van der Waals surface area (Å²) in [6.07, 6.45) is 0. The Morgan fingerprint density at radius 3 is 2.19 bits per heavy atom. The fourth-order valence-electron chi connectivity index (χ4n) is 1.82. The Morgan fingerprint density at radius 2 is 1.57 bits per heavy atom. The van der Waals surface area contributed by atoms with E-state index in [9.17, 15) is 9.67 Å². The van der Waals surface area contributed by atoms with Crippen LogP contribution in [0.15, 0.2) is 54.6 Å². The van der Waals surface area contributed by atoms with Gasteiger partial charge >= 0.3 is 7.60 Å². The lowest BCUT2D eigenvalue weighted by Gasteiger charge is -2.20. The standard InChI is InChI=1S/C15H17O5P/c1-18-21(17,19-2)15(16)12-7-6-10-14(11-12)20-13-8-4-3-5-9-13/h3-11,15-16H,1-2H3. The smallest absolute Gasteiger partial charge is 0.362 e. The predicted molar refractivity (Wildman–Crippen MR) is 79.5 cm³/mol. The molecule has 0 aromatic heterocycles. The summed E-state index contributed by atoms with van der Waals surface area (Å²) in [6.45, 7) is 0. The zero-order valence-corrected chi connectivity index (χ0v) is 12.7. The maximum Gasteiger partial charge on any atom is 0.362 e. The lowest BCUT2D eigenvalue weighted by Crippen LogP contribution is -2.02. The van der Waals surface area contributed by atoms with Crippen LogP contribution in [0.2, 0.25) is 0 Å². The van der Waals surface area contributed by atoms with Gasteiger partial charge in [-0.05, 0) is 29.8 Å². The van der Waals surface area contributed by atoms with Crippen LogP contribution < -0.4 is 4.74 Å². The molecule has 0 aliphatic rings. The van der Waals surface area contributed by atoms with Gasteiger partial charge in [0.25, 0.3) is 0 Å². The van der Waals surface area contributed by atoms with Crippen molar-refractivity contribution in [1.82, 2.24) is 0 Å². The summed E-state index contributed by atoms with van der Waals surface area (Å²) in [4.78, 5) is 0. The number of hydrogen-bond donors (Lipinski definition) is 1. The third-order valence-electron chi connectivity index (χ3n) is 2.94. The minimum absolute atomic E-state index is 0.399. The highest BCUT2D eigenvalue weighted by molar-refractivity contribution is 7.53. The maximum atomic E-state index is 12.2. The quantitative estimate of drug-likeness (QED) is 0.818. The molecular formula is C15H17O5P. The monoisotopic (exact) mass is 308 g/mol. The van der Waals surface area contributed by atoms with Crippen LogP contribution in [0, 0.1) is 0 Å². The lowest BCUT2D eigenvalue weighted by atomic mass is 10.2. The third kappa shape index (κ3) is 3.71. The van der Waals surface area contributed by atoms with E-state index in [1.54, 1.807) is 24.3 Å². The van der Waals surface area contributed by atoms with E-state index in [0.29, 0.717) is 17.1 Å². The summed E-state index contributed by atoms with van der Waals surface area (Å²) in [7, 11) is -1.13. The van der Waals surface area contributed by atoms with Gasteiger partial charge in [0.05, 0.1) is 0 Å². The Labute approximate surface area is 123 Å². The molecule has 21 heavy (non-hydrogen) atoms. The van der Waals surface area contributed by atoms with Crippen molar-refractivity contribution in [3.63, 3.8) is 0 Å². The Bertz CT molecular complexity index is 621. The van der Waals surface area contributed by atoms with Gasteiger partial charge in [-0.2, -0.15) is 0 Å². The molecule has 1 unspecified atom stereocenters. The Balaban J connectivity index is 2.24. The molecule has 112 valence electrons. The van der Waals surface area contributed by atoms with Crippen molar-refractivity contribution in [2.75, 3.05) is 14.2 Å². The number of aliphatic hydroxyl groups excluding tert-OH is 1. The number of benzene rings is 2. The summed E-state index contributed by atoms with van der Waals surface area (Å²) in [5.41, 5.74) is 0.399. The second-order valence-corrected chi connectivity index (χ2v) is 6.57. The van der Waals surface area contributed by atoms with Crippen molar-refractivity contribution in [3.8, 4) is 11.5 Å². The van der Waals surface area contributed by atoms with Crippen LogP contribution in [-0.4, -0.2) is 19.3 Å². The second-order valence-electron chi connectivity index (χ2n) is 4.27. The van der Waals surface area contributed by atoms with E-state index in [1.165, 1.54) is 14.2 Å². The average molecular weight is 308 g/mol. The van der Waals surface area contributed by atoms with E-state index < -0.39 is 13.4 Å². The number of aliphatic hydroxyl groups is 1. The van der Waals surface area contributed by atoms with Gasteiger partial charge < -0.3 is 18.9 Å². The zero-order valence-electron chi connectivity index (χ0n) is 11.8. The molecule has 0 radical (unpaired) electrons. The molecule has 0 aliphatic carbocycles. The van der Waals surface area contributed by atoms with Crippen LogP contribution >= 0.6 is 7.60 Å². The molecule has 2 aromatic carbocycles. The van der Waals surface area contributed by atoms with Gasteiger partial charge in [-0.3, -0.25) is 4.57 Å². The molecule has 0 bridgehead atoms. The molecule has 0 fully saturated rings. The van der Waals surface area contributed by atoms with Gasteiger partial charge in [0.1, 0.15) is 11.5 Å². The summed E-state index contributed by atoms with van der Waals surface area (Å²) in [6, 6.07) is 15.9. The van der Waals surface area contributed by atoms with Gasteiger partial charge in [-0.15, -0.1) is 0 Å². The molecule has 5 nitrogen and oxygen atoms in total. The molecule has 0 aliphatic heterocycles. The van der Waals surface area contributed by atoms with Gasteiger partial charge in [-0.25, -0.2) is 0 Å². The van der Waals surface area contributed by atoms with Crippen LogP contribution in [0.1, 0.15) is 11.4 Å². The van der Waals surface area contributed by atoms with E-state index in [4.69, 9.17) is 13.8 Å². The Kier molecular flexibility index (Phi) is 5.15. The number of rotatable bonds is 6. The lowest BCUT2D eigenvalue weighted by molar-refractivity contribution is 0.176. The Hall–Kier alpha value is -1.65. The second kappa shape index (κ2) is 6.87. The minimum Gasteiger partial charge on any atom is -0.457 e. The number of para-hydroxylation sites is 1. The minimum atomic E-state index is -3.60. The first-order chi connectivity index (χ1) is 10.1. The highest BCUT2D eigenvalue weighted by Crippen LogP contribution is 2.58. The molecule has 0 saturated heterocycles. The average Bonchev–Trinajstić information content (AvgIpc) is 2.54. The molecule has 1 atom stereocenters. The first-order valence-corrected chi connectivity index (χ1v) is 7.92. The van der Waals surface area contributed by atoms with Gasteiger partial charge in [0.15, 0.2) is 5.85 Å². The molecule has 0 saturated carbocycles. The first-order valence-electron chi connectivity index (χ1n) is 6.31. The summed E-state index contributed by atoms with van der Waals surface area (Å²) >= 11 is 0. The molecule has 0 spiro atoms. The van der Waals surface area contributed by atoms with Crippen molar-refractivity contribution in [2.24, 2.45) is 0 Å². The molecule has 0 amide bonds. The number of ether oxygens (including phenoxy) is 1. The van der Waals surface area contributed by atoms with E-state index in [2.05, 4.69) is 0 Å².